The molecule has 2 aromatic carbocycles. The fourth-order valence-electron chi connectivity index (χ4n) is 2.89. The van der Waals surface area contributed by atoms with E-state index in [1.54, 1.807) is 11.8 Å². The number of benzene rings is 2. The number of aromatic nitrogens is 3. The number of aryl methyl sites for hydroxylation is 1. The van der Waals surface area contributed by atoms with Gasteiger partial charge in [0, 0.05) is 6.54 Å². The van der Waals surface area contributed by atoms with E-state index in [1.807, 2.05) is 42.5 Å². The minimum absolute atomic E-state index is 0.0911. The average Bonchev–Trinajstić information content (AvgIpc) is 3.35. The summed E-state index contributed by atoms with van der Waals surface area (Å²) < 4.78 is 11.6. The van der Waals surface area contributed by atoms with Crippen LogP contribution in [0.25, 0.3) is 10.2 Å². The van der Waals surface area contributed by atoms with Gasteiger partial charge in [-0.15, -0.1) is 0 Å². The first-order chi connectivity index (χ1) is 14.2. The Bertz CT molecular complexity index is 1060. The van der Waals surface area contributed by atoms with Crippen molar-refractivity contribution in [2.45, 2.75) is 20.0 Å². The maximum Gasteiger partial charge on any atom is 0.254 e. The molecule has 4 aromatic rings. The Labute approximate surface area is 171 Å². The molecule has 0 aliphatic carbocycles. The van der Waals surface area contributed by atoms with E-state index in [4.69, 9.17) is 9.26 Å². The zero-order valence-corrected chi connectivity index (χ0v) is 16.8. The molecule has 0 radical (unpaired) electrons. The number of amides is 1. The normalized spacial score (nSPS) is 11.1. The lowest BCUT2D eigenvalue weighted by molar-refractivity contribution is -0.123. The van der Waals surface area contributed by atoms with Crippen LogP contribution < -0.4 is 4.90 Å². The maximum atomic E-state index is 12.9. The van der Waals surface area contributed by atoms with Gasteiger partial charge in [-0.05, 0) is 31.0 Å². The SMILES string of the molecule is Cc1noc(COCC(=O)N(CCc2ccccc2)c2nc3ccccc3s2)n1. The quantitative estimate of drug-likeness (QED) is 0.441. The number of nitrogens with zero attached hydrogens (tertiary/aromatic N) is 4. The smallest absolute Gasteiger partial charge is 0.254 e. The molecule has 148 valence electrons. The van der Waals surface area contributed by atoms with E-state index in [2.05, 4.69) is 27.3 Å². The highest BCUT2D eigenvalue weighted by Crippen LogP contribution is 2.29. The molecular weight excluding hydrogens is 388 g/mol. The molecule has 0 aliphatic rings. The third-order valence-electron chi connectivity index (χ3n) is 4.30. The first-order valence-corrected chi connectivity index (χ1v) is 10.1. The topological polar surface area (TPSA) is 81.4 Å². The highest BCUT2D eigenvalue weighted by Gasteiger charge is 2.20. The van der Waals surface area contributed by atoms with Gasteiger partial charge >= 0.3 is 0 Å². The molecule has 0 unspecified atom stereocenters. The largest absolute Gasteiger partial charge is 0.362 e. The van der Waals surface area contributed by atoms with Gasteiger partial charge in [0.25, 0.3) is 11.8 Å². The fraction of sp³-hybridized carbons (Fsp3) is 0.238. The Hall–Kier alpha value is -3.10. The van der Waals surface area contributed by atoms with Crippen molar-refractivity contribution >= 4 is 32.6 Å². The summed E-state index contributed by atoms with van der Waals surface area (Å²) in [5.41, 5.74) is 2.04. The van der Waals surface area contributed by atoms with Crippen LogP contribution in [0.4, 0.5) is 5.13 Å². The highest BCUT2D eigenvalue weighted by atomic mass is 32.1. The van der Waals surface area contributed by atoms with Crippen LogP contribution in [-0.2, 0) is 22.6 Å². The van der Waals surface area contributed by atoms with Gasteiger partial charge in [-0.3, -0.25) is 9.69 Å². The molecule has 0 fully saturated rings. The standard InChI is InChI=1S/C21H20N4O3S/c1-15-22-19(28-24-15)13-27-14-20(26)25(12-11-16-7-3-2-4-8-16)21-23-17-9-5-6-10-18(17)29-21/h2-10H,11-14H2,1H3. The van der Waals surface area contributed by atoms with Gasteiger partial charge in [0.15, 0.2) is 11.0 Å². The van der Waals surface area contributed by atoms with Crippen molar-refractivity contribution in [3.63, 3.8) is 0 Å². The van der Waals surface area contributed by atoms with Gasteiger partial charge in [0.1, 0.15) is 13.2 Å². The molecule has 8 heteroatoms. The van der Waals surface area contributed by atoms with E-state index in [9.17, 15) is 4.79 Å². The molecule has 0 atom stereocenters. The van der Waals surface area contributed by atoms with Gasteiger partial charge in [-0.1, -0.05) is 59.0 Å². The van der Waals surface area contributed by atoms with Crippen molar-refractivity contribution in [2.75, 3.05) is 18.1 Å². The summed E-state index contributed by atoms with van der Waals surface area (Å²) in [6.07, 6.45) is 0.728. The lowest BCUT2D eigenvalue weighted by atomic mass is 10.1. The van der Waals surface area contributed by atoms with E-state index in [0.717, 1.165) is 22.2 Å². The molecule has 2 aromatic heterocycles. The number of para-hydroxylation sites is 1. The fourth-order valence-corrected chi connectivity index (χ4v) is 3.90. The Morgan fingerprint density at radius 2 is 1.90 bits per heavy atom. The van der Waals surface area contributed by atoms with E-state index >= 15 is 0 Å². The van der Waals surface area contributed by atoms with Gasteiger partial charge in [-0.2, -0.15) is 4.98 Å². The van der Waals surface area contributed by atoms with Crippen LogP contribution in [0.1, 0.15) is 17.3 Å². The molecule has 0 N–H and O–H groups in total. The van der Waals surface area contributed by atoms with Crippen LogP contribution >= 0.6 is 11.3 Å². The van der Waals surface area contributed by atoms with Crippen LogP contribution in [0.5, 0.6) is 0 Å². The number of ether oxygens (including phenoxy) is 1. The molecule has 7 nitrogen and oxygen atoms in total. The number of fused-ring (bicyclic) bond motifs is 1. The number of carbonyl (C=O) groups is 1. The number of hydrogen-bond acceptors (Lipinski definition) is 7. The molecule has 0 spiro atoms. The molecular formula is C21H20N4O3S. The summed E-state index contributed by atoms with van der Waals surface area (Å²) in [7, 11) is 0. The summed E-state index contributed by atoms with van der Waals surface area (Å²) in [6.45, 7) is 2.26. The molecule has 0 aliphatic heterocycles. The third-order valence-corrected chi connectivity index (χ3v) is 5.36. The van der Waals surface area contributed by atoms with Gasteiger partial charge in [0.05, 0.1) is 10.2 Å². The monoisotopic (exact) mass is 408 g/mol. The number of anilines is 1. The molecule has 0 saturated heterocycles. The Kier molecular flexibility index (Phi) is 5.92. The predicted molar refractivity (Wildman–Crippen MR) is 111 cm³/mol. The van der Waals surface area contributed by atoms with Crippen molar-refractivity contribution < 1.29 is 14.1 Å². The number of rotatable bonds is 8. The lowest BCUT2D eigenvalue weighted by Gasteiger charge is -2.19. The molecule has 29 heavy (non-hydrogen) atoms. The van der Waals surface area contributed by atoms with Crippen LogP contribution in [0.2, 0.25) is 0 Å². The molecule has 0 saturated carbocycles. The minimum Gasteiger partial charge on any atom is -0.362 e. The van der Waals surface area contributed by atoms with E-state index in [-0.39, 0.29) is 19.1 Å². The second-order valence-electron chi connectivity index (χ2n) is 6.47. The van der Waals surface area contributed by atoms with Gasteiger partial charge in [0.2, 0.25) is 0 Å². The van der Waals surface area contributed by atoms with Gasteiger partial charge < -0.3 is 9.26 Å². The highest BCUT2D eigenvalue weighted by molar-refractivity contribution is 7.22. The van der Waals surface area contributed by atoms with Gasteiger partial charge in [-0.25, -0.2) is 4.98 Å². The van der Waals surface area contributed by atoms with Crippen molar-refractivity contribution in [2.24, 2.45) is 0 Å². The summed E-state index contributed by atoms with van der Waals surface area (Å²) >= 11 is 1.50. The van der Waals surface area contributed by atoms with Crippen molar-refractivity contribution in [3.8, 4) is 0 Å². The summed E-state index contributed by atoms with van der Waals surface area (Å²) in [4.78, 5) is 23.3. The first-order valence-electron chi connectivity index (χ1n) is 9.26. The van der Waals surface area contributed by atoms with Crippen molar-refractivity contribution in [3.05, 3.63) is 71.9 Å². The minimum atomic E-state index is -0.156. The Balaban J connectivity index is 1.47. The van der Waals surface area contributed by atoms with Crippen LogP contribution in [0, 0.1) is 6.92 Å². The van der Waals surface area contributed by atoms with Crippen molar-refractivity contribution in [1.82, 2.24) is 15.1 Å². The average molecular weight is 408 g/mol. The summed E-state index contributed by atoms with van der Waals surface area (Å²) in [5.74, 6) is 0.733. The number of thiazole rings is 1. The van der Waals surface area contributed by atoms with Crippen LogP contribution in [-0.4, -0.2) is 34.2 Å². The Morgan fingerprint density at radius 1 is 1.10 bits per heavy atom. The third kappa shape index (κ3) is 4.85. The molecule has 4 rings (SSSR count). The number of carbonyl (C=O) groups excluding carboxylic acids is 1. The van der Waals surface area contributed by atoms with Crippen LogP contribution in [0.3, 0.4) is 0 Å². The summed E-state index contributed by atoms with van der Waals surface area (Å²) in [6, 6.07) is 17.9. The Morgan fingerprint density at radius 3 is 2.66 bits per heavy atom. The summed E-state index contributed by atoms with van der Waals surface area (Å²) in [5, 5.41) is 4.39. The second-order valence-corrected chi connectivity index (χ2v) is 7.48. The van der Waals surface area contributed by atoms with Crippen molar-refractivity contribution in [1.29, 1.82) is 0 Å². The maximum absolute atomic E-state index is 12.9. The van der Waals surface area contributed by atoms with E-state index in [0.29, 0.717) is 23.4 Å². The molecule has 2 heterocycles. The van der Waals surface area contributed by atoms with Crippen LogP contribution in [0.15, 0.2) is 59.1 Å². The lowest BCUT2D eigenvalue weighted by Crippen LogP contribution is -2.35. The van der Waals surface area contributed by atoms with E-state index < -0.39 is 0 Å². The zero-order chi connectivity index (χ0) is 20.1. The zero-order valence-electron chi connectivity index (χ0n) is 15.9. The number of hydrogen-bond donors (Lipinski definition) is 0. The molecule has 0 bridgehead atoms. The molecule has 1 amide bonds. The predicted octanol–water partition coefficient (Wildman–Crippen LogP) is 3.78. The second kappa shape index (κ2) is 8.93. The van der Waals surface area contributed by atoms with E-state index in [1.165, 1.54) is 11.3 Å². The first kappa shape index (κ1) is 19.2.